The van der Waals surface area contributed by atoms with Gasteiger partial charge in [0.2, 0.25) is 0 Å². The van der Waals surface area contributed by atoms with Crippen molar-refractivity contribution in [1.82, 2.24) is 10.3 Å². The highest BCUT2D eigenvalue weighted by Crippen LogP contribution is 2.27. The molecule has 1 aromatic carbocycles. The second kappa shape index (κ2) is 6.41. The van der Waals surface area contributed by atoms with Crippen molar-refractivity contribution in [3.8, 4) is 0 Å². The topological polar surface area (TPSA) is 24.9 Å². The van der Waals surface area contributed by atoms with Crippen LogP contribution in [0.2, 0.25) is 0 Å². The highest BCUT2D eigenvalue weighted by Gasteiger charge is 2.17. The maximum atomic E-state index is 13.3. The molecule has 0 amide bonds. The number of likely N-dealkylation sites (N-methyl/N-ethyl adjacent to an activating group) is 1. The van der Waals surface area contributed by atoms with Gasteiger partial charge in [-0.15, -0.1) is 11.3 Å². The lowest BCUT2D eigenvalue weighted by molar-refractivity contribution is 0.503. The second-order valence-corrected chi connectivity index (χ2v) is 5.98. The summed E-state index contributed by atoms with van der Waals surface area (Å²) in [6.07, 6.45) is 0.619. The van der Waals surface area contributed by atoms with Crippen molar-refractivity contribution in [2.75, 3.05) is 6.54 Å². The van der Waals surface area contributed by atoms with Crippen LogP contribution in [0.5, 0.6) is 0 Å². The monoisotopic (exact) mass is 296 g/mol. The first-order valence-electron chi connectivity index (χ1n) is 6.62. The summed E-state index contributed by atoms with van der Waals surface area (Å²) in [5, 5.41) is 4.41. The largest absolute Gasteiger partial charge is 0.309 e. The van der Waals surface area contributed by atoms with Gasteiger partial charge in [0, 0.05) is 10.9 Å². The Hall–Kier alpha value is -1.33. The molecule has 1 N–H and O–H groups in total. The summed E-state index contributed by atoms with van der Waals surface area (Å²) >= 11 is 1.65. The minimum Gasteiger partial charge on any atom is -0.309 e. The van der Waals surface area contributed by atoms with Crippen molar-refractivity contribution < 1.29 is 8.78 Å². The van der Waals surface area contributed by atoms with E-state index in [1.165, 1.54) is 12.1 Å². The predicted octanol–water partition coefficient (Wildman–Crippen LogP) is 3.93. The van der Waals surface area contributed by atoms with Gasteiger partial charge < -0.3 is 5.32 Å². The fraction of sp³-hybridized carbons (Fsp3) is 0.400. The lowest BCUT2D eigenvalue weighted by Crippen LogP contribution is -2.22. The van der Waals surface area contributed by atoms with Gasteiger partial charge >= 0.3 is 0 Å². The third-order valence-electron chi connectivity index (χ3n) is 3.13. The molecule has 0 aliphatic rings. The zero-order chi connectivity index (χ0) is 14.7. The number of nitrogens with one attached hydrogen (secondary N) is 1. The van der Waals surface area contributed by atoms with E-state index in [1.807, 2.05) is 20.8 Å². The lowest BCUT2D eigenvalue weighted by atomic mass is 10.0. The summed E-state index contributed by atoms with van der Waals surface area (Å²) < 4.78 is 26.3. The van der Waals surface area contributed by atoms with Crippen LogP contribution >= 0.6 is 11.3 Å². The molecule has 1 heterocycles. The molecule has 1 atom stereocenters. The van der Waals surface area contributed by atoms with E-state index in [0.29, 0.717) is 6.42 Å². The Morgan fingerprint density at radius 3 is 2.55 bits per heavy atom. The first-order valence-corrected chi connectivity index (χ1v) is 7.44. The quantitative estimate of drug-likeness (QED) is 0.904. The van der Waals surface area contributed by atoms with E-state index in [9.17, 15) is 8.78 Å². The van der Waals surface area contributed by atoms with Gasteiger partial charge in [0.05, 0.1) is 10.7 Å². The van der Waals surface area contributed by atoms with E-state index in [1.54, 1.807) is 17.4 Å². The molecule has 1 aromatic heterocycles. The van der Waals surface area contributed by atoms with E-state index >= 15 is 0 Å². The Balaban J connectivity index is 2.25. The SMILES string of the molecule is CCNC(Cc1ccc(F)c(F)c1)c1sc(C)nc1C. The summed E-state index contributed by atoms with van der Waals surface area (Å²) in [7, 11) is 0. The number of hydrogen-bond donors (Lipinski definition) is 1. The average molecular weight is 296 g/mol. The summed E-state index contributed by atoms with van der Waals surface area (Å²) in [5.74, 6) is -1.60. The fourth-order valence-electron chi connectivity index (χ4n) is 2.28. The molecule has 0 saturated heterocycles. The van der Waals surface area contributed by atoms with Crippen molar-refractivity contribution in [3.05, 3.63) is 51.0 Å². The Bertz CT molecular complexity index is 596. The maximum absolute atomic E-state index is 13.3. The number of hydrogen-bond acceptors (Lipinski definition) is 3. The molecule has 0 aliphatic carbocycles. The van der Waals surface area contributed by atoms with E-state index < -0.39 is 11.6 Å². The summed E-state index contributed by atoms with van der Waals surface area (Å²) in [5.41, 5.74) is 1.78. The van der Waals surface area contributed by atoms with E-state index in [-0.39, 0.29) is 6.04 Å². The predicted molar refractivity (Wildman–Crippen MR) is 78.1 cm³/mol. The molecule has 20 heavy (non-hydrogen) atoms. The molecule has 1 unspecified atom stereocenters. The minimum atomic E-state index is -0.807. The third-order valence-corrected chi connectivity index (χ3v) is 4.32. The van der Waals surface area contributed by atoms with Crippen molar-refractivity contribution in [2.24, 2.45) is 0 Å². The number of aryl methyl sites for hydroxylation is 2. The molecule has 0 bridgehead atoms. The maximum Gasteiger partial charge on any atom is 0.159 e. The molecule has 108 valence electrons. The molecular weight excluding hydrogens is 278 g/mol. The highest BCUT2D eigenvalue weighted by atomic mass is 32.1. The van der Waals surface area contributed by atoms with Gasteiger partial charge in [-0.3, -0.25) is 0 Å². The second-order valence-electron chi connectivity index (χ2n) is 4.75. The van der Waals surface area contributed by atoms with Crippen LogP contribution in [0.1, 0.15) is 34.1 Å². The zero-order valence-electron chi connectivity index (χ0n) is 11.8. The highest BCUT2D eigenvalue weighted by molar-refractivity contribution is 7.11. The zero-order valence-corrected chi connectivity index (χ0v) is 12.7. The van der Waals surface area contributed by atoms with Crippen molar-refractivity contribution in [1.29, 1.82) is 0 Å². The molecule has 0 spiro atoms. The van der Waals surface area contributed by atoms with Gasteiger partial charge in [0.1, 0.15) is 0 Å². The van der Waals surface area contributed by atoms with Crippen LogP contribution in [-0.2, 0) is 6.42 Å². The molecule has 2 aromatic rings. The van der Waals surface area contributed by atoms with Crippen LogP contribution in [0, 0.1) is 25.5 Å². The van der Waals surface area contributed by atoms with Gasteiger partial charge in [0.25, 0.3) is 0 Å². The number of thiazole rings is 1. The van der Waals surface area contributed by atoms with Crippen LogP contribution in [0.3, 0.4) is 0 Å². The Kier molecular flexibility index (Phi) is 4.83. The summed E-state index contributed by atoms with van der Waals surface area (Å²) in [6, 6.07) is 4.16. The van der Waals surface area contributed by atoms with E-state index in [0.717, 1.165) is 27.7 Å². The molecule has 0 saturated carbocycles. The van der Waals surface area contributed by atoms with Gasteiger partial charge in [-0.2, -0.15) is 0 Å². The molecule has 0 aliphatic heterocycles. The first kappa shape index (κ1) is 15.1. The van der Waals surface area contributed by atoms with E-state index in [4.69, 9.17) is 0 Å². The first-order chi connectivity index (χ1) is 9.51. The third kappa shape index (κ3) is 3.41. The fourth-order valence-corrected chi connectivity index (χ4v) is 3.28. The van der Waals surface area contributed by atoms with Crippen LogP contribution in [0.4, 0.5) is 8.78 Å². The Morgan fingerprint density at radius 1 is 1.25 bits per heavy atom. The summed E-state index contributed by atoms with van der Waals surface area (Å²) in [4.78, 5) is 5.59. The van der Waals surface area contributed by atoms with Crippen LogP contribution in [-0.4, -0.2) is 11.5 Å². The van der Waals surface area contributed by atoms with Gasteiger partial charge in [-0.1, -0.05) is 13.0 Å². The molecule has 0 fully saturated rings. The van der Waals surface area contributed by atoms with Gasteiger partial charge in [-0.05, 0) is 44.5 Å². The van der Waals surface area contributed by atoms with Crippen LogP contribution < -0.4 is 5.32 Å². The molecule has 2 nitrogen and oxygen atoms in total. The number of benzene rings is 1. The number of rotatable bonds is 5. The molecular formula is C15H18F2N2S. The number of halogens is 2. The number of nitrogens with zero attached hydrogens (tertiary/aromatic N) is 1. The van der Waals surface area contributed by atoms with Gasteiger partial charge in [0.15, 0.2) is 11.6 Å². The minimum absolute atomic E-state index is 0.0797. The molecule has 0 radical (unpaired) electrons. The summed E-state index contributed by atoms with van der Waals surface area (Å²) in [6.45, 7) is 6.79. The molecule has 2 rings (SSSR count). The normalized spacial score (nSPS) is 12.7. The average Bonchev–Trinajstić information content (AvgIpc) is 2.72. The Labute approximate surface area is 121 Å². The van der Waals surface area contributed by atoms with Crippen molar-refractivity contribution in [3.63, 3.8) is 0 Å². The smallest absolute Gasteiger partial charge is 0.159 e. The van der Waals surface area contributed by atoms with Crippen molar-refractivity contribution in [2.45, 2.75) is 33.2 Å². The molecule has 5 heteroatoms. The standard InChI is InChI=1S/C15H18F2N2S/c1-4-18-14(15-9(2)19-10(3)20-15)8-11-5-6-12(16)13(17)7-11/h5-7,14,18H,4,8H2,1-3H3. The van der Waals surface area contributed by atoms with E-state index in [2.05, 4.69) is 10.3 Å². The van der Waals surface area contributed by atoms with Crippen molar-refractivity contribution >= 4 is 11.3 Å². The van der Waals surface area contributed by atoms with Gasteiger partial charge in [-0.25, -0.2) is 13.8 Å². The van der Waals surface area contributed by atoms with Crippen LogP contribution in [0.25, 0.3) is 0 Å². The van der Waals surface area contributed by atoms with Crippen LogP contribution in [0.15, 0.2) is 18.2 Å². The lowest BCUT2D eigenvalue weighted by Gasteiger charge is -2.17. The Morgan fingerprint density at radius 2 is 2.00 bits per heavy atom. The number of aromatic nitrogens is 1.